The van der Waals surface area contributed by atoms with Gasteiger partial charge in [-0.25, -0.2) is 0 Å². The molecule has 1 aliphatic rings. The number of nitrogens with zero attached hydrogens (tertiary/aromatic N) is 3. The number of aromatic nitrogens is 3. The Morgan fingerprint density at radius 2 is 1.94 bits per heavy atom. The molecule has 1 N–H and O–H groups in total. The smallest absolute Gasteiger partial charge is 0.195 e. The van der Waals surface area contributed by atoms with Gasteiger partial charge in [0.25, 0.3) is 0 Å². The first-order valence-corrected chi connectivity index (χ1v) is 6.89. The van der Waals surface area contributed by atoms with Crippen LogP contribution in [0.5, 0.6) is 0 Å². The van der Waals surface area contributed by atoms with Crippen LogP contribution in [-0.2, 0) is 6.54 Å². The van der Waals surface area contributed by atoms with E-state index in [1.54, 1.807) is 0 Å². The van der Waals surface area contributed by atoms with Crippen LogP contribution >= 0.6 is 12.2 Å². The van der Waals surface area contributed by atoms with E-state index >= 15 is 0 Å². The largest absolute Gasteiger partial charge is 0.302 e. The standard InChI is InChI=1S/C12H22N4S/c1-9(2)11-13-14-12(17)16(11)8-10(3)15-6-4-5-7-15/h9-10H,4-8H2,1-3H3,(H,14,17). The number of nitrogens with one attached hydrogen (secondary N) is 1. The number of hydrogen-bond donors (Lipinski definition) is 1. The molecule has 0 bridgehead atoms. The van der Waals surface area contributed by atoms with Crippen LogP contribution in [0.3, 0.4) is 0 Å². The van der Waals surface area contributed by atoms with Gasteiger partial charge in [-0.1, -0.05) is 13.8 Å². The SMILES string of the molecule is CC(C)c1n[nH]c(=S)n1CC(C)N1CCCC1. The molecule has 1 fully saturated rings. The first-order valence-electron chi connectivity index (χ1n) is 6.48. The van der Waals surface area contributed by atoms with Crippen LogP contribution in [0.2, 0.25) is 0 Å². The Balaban J connectivity index is 2.11. The van der Waals surface area contributed by atoms with Crippen LogP contribution in [0.4, 0.5) is 0 Å². The molecule has 96 valence electrons. The summed E-state index contributed by atoms with van der Waals surface area (Å²) in [6.45, 7) is 9.99. The molecule has 5 heteroatoms. The number of rotatable bonds is 4. The molecular weight excluding hydrogens is 232 g/mol. The summed E-state index contributed by atoms with van der Waals surface area (Å²) < 4.78 is 2.91. The number of hydrogen-bond acceptors (Lipinski definition) is 3. The van der Waals surface area contributed by atoms with Gasteiger partial charge in [0.1, 0.15) is 5.82 Å². The van der Waals surface area contributed by atoms with Crippen molar-refractivity contribution in [1.29, 1.82) is 0 Å². The van der Waals surface area contributed by atoms with Crippen molar-refractivity contribution in [1.82, 2.24) is 19.7 Å². The molecule has 2 rings (SSSR count). The van der Waals surface area contributed by atoms with Gasteiger partial charge in [-0.15, -0.1) is 0 Å². The van der Waals surface area contributed by atoms with Crippen molar-refractivity contribution in [2.75, 3.05) is 13.1 Å². The fraction of sp³-hybridized carbons (Fsp3) is 0.833. The van der Waals surface area contributed by atoms with Crippen molar-refractivity contribution < 1.29 is 0 Å². The van der Waals surface area contributed by atoms with E-state index in [1.807, 2.05) is 0 Å². The lowest BCUT2D eigenvalue weighted by Gasteiger charge is -2.24. The summed E-state index contributed by atoms with van der Waals surface area (Å²) in [5.41, 5.74) is 0. The molecule has 0 aromatic carbocycles. The summed E-state index contributed by atoms with van der Waals surface area (Å²) in [5.74, 6) is 1.48. The van der Waals surface area contributed by atoms with Crippen molar-refractivity contribution in [3.8, 4) is 0 Å². The summed E-state index contributed by atoms with van der Waals surface area (Å²) in [5, 5.41) is 7.23. The number of H-pyrrole nitrogens is 1. The Kier molecular flexibility index (Phi) is 3.99. The van der Waals surface area contributed by atoms with E-state index in [0.29, 0.717) is 12.0 Å². The fourth-order valence-electron chi connectivity index (χ4n) is 2.51. The molecule has 1 atom stereocenters. The summed E-state index contributed by atoms with van der Waals surface area (Å²) in [6.07, 6.45) is 2.66. The van der Waals surface area contributed by atoms with Gasteiger partial charge in [-0.2, -0.15) is 5.10 Å². The molecule has 0 spiro atoms. The summed E-state index contributed by atoms with van der Waals surface area (Å²) >= 11 is 5.31. The van der Waals surface area contributed by atoms with Crippen molar-refractivity contribution in [3.05, 3.63) is 10.6 Å². The Bertz CT molecular complexity index is 414. The first kappa shape index (κ1) is 12.8. The van der Waals surface area contributed by atoms with Crippen LogP contribution in [-0.4, -0.2) is 38.8 Å². The van der Waals surface area contributed by atoms with E-state index in [-0.39, 0.29) is 0 Å². The van der Waals surface area contributed by atoms with E-state index in [2.05, 4.69) is 40.4 Å². The molecular formula is C12H22N4S. The quantitative estimate of drug-likeness (QED) is 0.839. The van der Waals surface area contributed by atoms with Gasteiger partial charge in [-0.3, -0.25) is 10.00 Å². The molecule has 4 nitrogen and oxygen atoms in total. The second-order valence-corrected chi connectivity index (χ2v) is 5.63. The zero-order valence-corrected chi connectivity index (χ0v) is 11.8. The zero-order chi connectivity index (χ0) is 12.4. The van der Waals surface area contributed by atoms with Crippen molar-refractivity contribution in [2.45, 2.75) is 52.1 Å². The third-order valence-corrected chi connectivity index (χ3v) is 3.83. The Labute approximate surface area is 108 Å². The number of likely N-dealkylation sites (tertiary alicyclic amines) is 1. The van der Waals surface area contributed by atoms with Gasteiger partial charge in [0.05, 0.1) is 0 Å². The fourth-order valence-corrected chi connectivity index (χ4v) is 2.72. The highest BCUT2D eigenvalue weighted by Crippen LogP contribution is 2.16. The average Bonchev–Trinajstić information content (AvgIpc) is 2.89. The lowest BCUT2D eigenvalue weighted by molar-refractivity contribution is 0.233. The summed E-state index contributed by atoms with van der Waals surface area (Å²) in [6, 6.07) is 0.541. The molecule has 1 unspecified atom stereocenters. The van der Waals surface area contributed by atoms with Crippen LogP contribution < -0.4 is 0 Å². The third-order valence-electron chi connectivity index (χ3n) is 3.51. The van der Waals surface area contributed by atoms with Gasteiger partial charge in [0.2, 0.25) is 0 Å². The highest BCUT2D eigenvalue weighted by Gasteiger charge is 2.20. The highest BCUT2D eigenvalue weighted by molar-refractivity contribution is 7.71. The lowest BCUT2D eigenvalue weighted by atomic mass is 10.2. The highest BCUT2D eigenvalue weighted by atomic mass is 32.1. The minimum absolute atomic E-state index is 0.411. The van der Waals surface area contributed by atoms with E-state index < -0.39 is 0 Å². The zero-order valence-electron chi connectivity index (χ0n) is 10.9. The van der Waals surface area contributed by atoms with Gasteiger partial charge in [0, 0.05) is 18.5 Å². The molecule has 1 aliphatic heterocycles. The van der Waals surface area contributed by atoms with E-state index in [9.17, 15) is 0 Å². The molecule has 0 radical (unpaired) electrons. The molecule has 2 heterocycles. The summed E-state index contributed by atoms with van der Waals surface area (Å²) in [4.78, 5) is 2.54. The topological polar surface area (TPSA) is 36.9 Å². The molecule has 0 amide bonds. The van der Waals surface area contributed by atoms with Crippen molar-refractivity contribution in [3.63, 3.8) is 0 Å². The second kappa shape index (κ2) is 5.31. The normalized spacial score (nSPS) is 19.1. The first-order chi connectivity index (χ1) is 8.09. The van der Waals surface area contributed by atoms with Crippen LogP contribution in [0.15, 0.2) is 0 Å². The lowest BCUT2D eigenvalue weighted by Crippen LogP contribution is -2.34. The van der Waals surface area contributed by atoms with Crippen LogP contribution in [0.1, 0.15) is 45.4 Å². The van der Waals surface area contributed by atoms with Gasteiger partial charge >= 0.3 is 0 Å². The maximum atomic E-state index is 5.31. The predicted octanol–water partition coefficient (Wildman–Crippen LogP) is 2.55. The monoisotopic (exact) mass is 254 g/mol. The predicted molar refractivity (Wildman–Crippen MR) is 71.8 cm³/mol. The minimum Gasteiger partial charge on any atom is -0.302 e. The molecule has 1 saturated heterocycles. The number of aromatic amines is 1. The molecule has 0 saturated carbocycles. The third kappa shape index (κ3) is 2.77. The van der Waals surface area contributed by atoms with E-state index in [1.165, 1.54) is 25.9 Å². The van der Waals surface area contributed by atoms with Gasteiger partial charge < -0.3 is 4.57 Å². The second-order valence-electron chi connectivity index (χ2n) is 5.24. The molecule has 1 aromatic rings. The van der Waals surface area contributed by atoms with Crippen LogP contribution in [0.25, 0.3) is 0 Å². The van der Waals surface area contributed by atoms with E-state index in [4.69, 9.17) is 12.2 Å². The summed E-state index contributed by atoms with van der Waals surface area (Å²) in [7, 11) is 0. The average molecular weight is 254 g/mol. The van der Waals surface area contributed by atoms with Gasteiger partial charge in [0.15, 0.2) is 4.77 Å². The maximum Gasteiger partial charge on any atom is 0.195 e. The molecule has 1 aromatic heterocycles. The Hall–Kier alpha value is -0.680. The van der Waals surface area contributed by atoms with Crippen molar-refractivity contribution >= 4 is 12.2 Å². The van der Waals surface area contributed by atoms with Gasteiger partial charge in [-0.05, 0) is 45.1 Å². The Morgan fingerprint density at radius 3 is 2.53 bits per heavy atom. The Morgan fingerprint density at radius 1 is 1.29 bits per heavy atom. The maximum absolute atomic E-state index is 5.31. The molecule has 17 heavy (non-hydrogen) atoms. The van der Waals surface area contributed by atoms with E-state index in [0.717, 1.165) is 17.1 Å². The van der Waals surface area contributed by atoms with Crippen molar-refractivity contribution in [2.24, 2.45) is 0 Å². The minimum atomic E-state index is 0.411. The molecule has 0 aliphatic carbocycles. The van der Waals surface area contributed by atoms with Crippen LogP contribution in [0, 0.1) is 4.77 Å².